The highest BCUT2D eigenvalue weighted by Crippen LogP contribution is 2.13. The standard InChI is InChI=1S/C11H17N3O2/c12-14-11-2-1-9(7-13-11)8-16-10-3-5-15-6-4-10/h1-2,7,10H,3-6,8,12H2,(H,13,14). The third kappa shape index (κ3) is 3.16. The van der Waals surface area contributed by atoms with Crippen molar-refractivity contribution < 1.29 is 9.47 Å². The fourth-order valence-electron chi connectivity index (χ4n) is 1.65. The number of rotatable bonds is 4. The van der Waals surface area contributed by atoms with E-state index in [0.29, 0.717) is 18.5 Å². The first-order valence-electron chi connectivity index (χ1n) is 5.49. The van der Waals surface area contributed by atoms with E-state index in [2.05, 4.69) is 10.4 Å². The van der Waals surface area contributed by atoms with Crippen LogP contribution in [0.1, 0.15) is 18.4 Å². The minimum absolute atomic E-state index is 0.320. The van der Waals surface area contributed by atoms with E-state index >= 15 is 0 Å². The minimum atomic E-state index is 0.320. The molecule has 0 radical (unpaired) electrons. The zero-order valence-electron chi connectivity index (χ0n) is 9.19. The lowest BCUT2D eigenvalue weighted by atomic mass is 10.1. The molecule has 5 heteroatoms. The molecule has 0 spiro atoms. The van der Waals surface area contributed by atoms with Crippen molar-refractivity contribution in [2.24, 2.45) is 5.84 Å². The van der Waals surface area contributed by atoms with Crippen molar-refractivity contribution in [1.29, 1.82) is 0 Å². The monoisotopic (exact) mass is 223 g/mol. The SMILES string of the molecule is NNc1ccc(COC2CCOCC2)cn1. The first kappa shape index (κ1) is 11.3. The maximum absolute atomic E-state index is 5.77. The molecule has 16 heavy (non-hydrogen) atoms. The Bertz CT molecular complexity index is 310. The molecule has 1 aliphatic rings. The number of pyridine rings is 1. The minimum Gasteiger partial charge on any atom is -0.381 e. The Labute approximate surface area is 94.9 Å². The average molecular weight is 223 g/mol. The molecule has 0 unspecified atom stereocenters. The van der Waals surface area contributed by atoms with Crippen LogP contribution in [0.3, 0.4) is 0 Å². The lowest BCUT2D eigenvalue weighted by molar-refractivity contribution is -0.0391. The summed E-state index contributed by atoms with van der Waals surface area (Å²) in [7, 11) is 0. The van der Waals surface area contributed by atoms with Gasteiger partial charge in [-0.3, -0.25) is 0 Å². The van der Waals surface area contributed by atoms with Crippen LogP contribution in [0.25, 0.3) is 0 Å². The molecule has 1 aromatic heterocycles. The van der Waals surface area contributed by atoms with E-state index < -0.39 is 0 Å². The van der Waals surface area contributed by atoms with E-state index in [1.54, 1.807) is 6.20 Å². The highest BCUT2D eigenvalue weighted by molar-refractivity contribution is 5.33. The summed E-state index contributed by atoms with van der Waals surface area (Å²) in [4.78, 5) is 4.12. The normalized spacial score (nSPS) is 17.3. The Morgan fingerprint density at radius 1 is 1.44 bits per heavy atom. The van der Waals surface area contributed by atoms with Crippen molar-refractivity contribution in [3.63, 3.8) is 0 Å². The van der Waals surface area contributed by atoms with Gasteiger partial charge in [-0.1, -0.05) is 6.07 Å². The molecule has 1 fully saturated rings. The molecule has 0 bridgehead atoms. The Morgan fingerprint density at radius 3 is 2.88 bits per heavy atom. The molecule has 2 heterocycles. The predicted octanol–water partition coefficient (Wildman–Crippen LogP) is 1.06. The third-order valence-electron chi connectivity index (χ3n) is 2.63. The Balaban J connectivity index is 1.79. The molecule has 3 N–H and O–H groups in total. The number of hydrogen-bond acceptors (Lipinski definition) is 5. The van der Waals surface area contributed by atoms with Crippen molar-refractivity contribution in [2.45, 2.75) is 25.6 Å². The van der Waals surface area contributed by atoms with Crippen LogP contribution in [0.4, 0.5) is 5.82 Å². The topological polar surface area (TPSA) is 69.4 Å². The van der Waals surface area contributed by atoms with Crippen molar-refractivity contribution in [2.75, 3.05) is 18.6 Å². The second-order valence-electron chi connectivity index (χ2n) is 3.82. The van der Waals surface area contributed by atoms with Crippen molar-refractivity contribution in [3.05, 3.63) is 23.9 Å². The highest BCUT2D eigenvalue weighted by atomic mass is 16.5. The van der Waals surface area contributed by atoms with E-state index in [9.17, 15) is 0 Å². The Morgan fingerprint density at radius 2 is 2.25 bits per heavy atom. The van der Waals surface area contributed by atoms with E-state index in [1.807, 2.05) is 12.1 Å². The zero-order chi connectivity index (χ0) is 11.2. The lowest BCUT2D eigenvalue weighted by Crippen LogP contribution is -2.23. The van der Waals surface area contributed by atoms with Gasteiger partial charge in [0.15, 0.2) is 0 Å². The van der Waals surface area contributed by atoms with Crippen LogP contribution in [-0.4, -0.2) is 24.3 Å². The summed E-state index contributed by atoms with van der Waals surface area (Å²) in [6, 6.07) is 3.80. The van der Waals surface area contributed by atoms with Gasteiger partial charge < -0.3 is 14.9 Å². The van der Waals surface area contributed by atoms with Gasteiger partial charge in [-0.15, -0.1) is 0 Å². The van der Waals surface area contributed by atoms with Gasteiger partial charge in [-0.25, -0.2) is 10.8 Å². The van der Waals surface area contributed by atoms with Gasteiger partial charge in [0.1, 0.15) is 5.82 Å². The molecule has 0 saturated carbocycles. The first-order chi connectivity index (χ1) is 7.88. The summed E-state index contributed by atoms with van der Waals surface area (Å²) in [5.74, 6) is 5.89. The van der Waals surface area contributed by atoms with Crippen LogP contribution in [0.5, 0.6) is 0 Å². The molecule has 1 saturated heterocycles. The van der Waals surface area contributed by atoms with Gasteiger partial charge in [-0.05, 0) is 24.5 Å². The summed E-state index contributed by atoms with van der Waals surface area (Å²) in [6.45, 7) is 2.21. The fraction of sp³-hybridized carbons (Fsp3) is 0.545. The van der Waals surface area contributed by atoms with Gasteiger partial charge in [0.05, 0.1) is 12.7 Å². The van der Waals surface area contributed by atoms with Gasteiger partial charge in [0.25, 0.3) is 0 Å². The number of nitrogens with zero attached hydrogens (tertiary/aromatic N) is 1. The van der Waals surface area contributed by atoms with Crippen LogP contribution in [0.15, 0.2) is 18.3 Å². The molecule has 5 nitrogen and oxygen atoms in total. The average Bonchev–Trinajstić information content (AvgIpc) is 2.38. The molecular weight excluding hydrogens is 206 g/mol. The largest absolute Gasteiger partial charge is 0.381 e. The second kappa shape index (κ2) is 5.79. The van der Waals surface area contributed by atoms with Crippen molar-refractivity contribution >= 4 is 5.82 Å². The summed E-state index contributed by atoms with van der Waals surface area (Å²) in [5.41, 5.74) is 3.55. The number of nitrogens with one attached hydrogen (secondary N) is 1. The summed E-state index contributed by atoms with van der Waals surface area (Å²) in [5, 5.41) is 0. The number of nitrogen functional groups attached to an aromatic ring is 1. The summed E-state index contributed by atoms with van der Waals surface area (Å²) in [6.07, 6.45) is 4.06. The van der Waals surface area contributed by atoms with E-state index in [4.69, 9.17) is 15.3 Å². The van der Waals surface area contributed by atoms with Crippen LogP contribution in [0.2, 0.25) is 0 Å². The number of ether oxygens (including phenoxy) is 2. The molecule has 1 aromatic rings. The molecule has 1 aliphatic heterocycles. The van der Waals surface area contributed by atoms with Crippen molar-refractivity contribution in [3.8, 4) is 0 Å². The molecule has 0 aliphatic carbocycles. The molecule has 0 aromatic carbocycles. The first-order valence-corrected chi connectivity index (χ1v) is 5.49. The molecule has 88 valence electrons. The maximum Gasteiger partial charge on any atom is 0.139 e. The van der Waals surface area contributed by atoms with Crippen LogP contribution < -0.4 is 11.3 Å². The van der Waals surface area contributed by atoms with Gasteiger partial charge in [0.2, 0.25) is 0 Å². The molecule has 0 amide bonds. The van der Waals surface area contributed by atoms with Gasteiger partial charge in [-0.2, -0.15) is 0 Å². The molecular formula is C11H17N3O2. The quantitative estimate of drug-likeness (QED) is 0.590. The number of hydrazine groups is 1. The molecule has 2 rings (SSSR count). The van der Waals surface area contributed by atoms with Crippen LogP contribution in [-0.2, 0) is 16.1 Å². The third-order valence-corrected chi connectivity index (χ3v) is 2.63. The second-order valence-corrected chi connectivity index (χ2v) is 3.82. The fourth-order valence-corrected chi connectivity index (χ4v) is 1.65. The maximum atomic E-state index is 5.77. The number of aromatic nitrogens is 1. The van der Waals surface area contributed by atoms with E-state index in [-0.39, 0.29) is 0 Å². The number of hydrogen-bond donors (Lipinski definition) is 2. The predicted molar refractivity (Wildman–Crippen MR) is 60.7 cm³/mol. The molecule has 0 atom stereocenters. The van der Waals surface area contributed by atoms with Crippen LogP contribution >= 0.6 is 0 Å². The number of nitrogens with two attached hydrogens (primary N) is 1. The lowest BCUT2D eigenvalue weighted by Gasteiger charge is -2.22. The Kier molecular flexibility index (Phi) is 4.10. The smallest absolute Gasteiger partial charge is 0.139 e. The van der Waals surface area contributed by atoms with E-state index in [1.165, 1.54) is 0 Å². The van der Waals surface area contributed by atoms with E-state index in [0.717, 1.165) is 31.6 Å². The van der Waals surface area contributed by atoms with Crippen molar-refractivity contribution in [1.82, 2.24) is 4.98 Å². The number of anilines is 1. The van der Waals surface area contributed by atoms with Gasteiger partial charge in [0, 0.05) is 19.4 Å². The van der Waals surface area contributed by atoms with Crippen LogP contribution in [0, 0.1) is 0 Å². The highest BCUT2D eigenvalue weighted by Gasteiger charge is 2.13. The summed E-state index contributed by atoms with van der Waals surface area (Å²) < 4.78 is 11.0. The van der Waals surface area contributed by atoms with Gasteiger partial charge >= 0.3 is 0 Å². The Hall–Kier alpha value is -1.17. The zero-order valence-corrected chi connectivity index (χ0v) is 9.19. The summed E-state index contributed by atoms with van der Waals surface area (Å²) >= 11 is 0.